The van der Waals surface area contributed by atoms with Gasteiger partial charge < -0.3 is 14.4 Å². The second-order valence-corrected chi connectivity index (χ2v) is 5.49. The van der Waals surface area contributed by atoms with Crippen molar-refractivity contribution < 1.29 is 4.52 Å². The van der Waals surface area contributed by atoms with Gasteiger partial charge >= 0.3 is 0 Å². The Morgan fingerprint density at radius 1 is 1.30 bits per heavy atom. The Kier molecular flexibility index (Phi) is 3.82. The van der Waals surface area contributed by atoms with Crippen LogP contribution in [0.2, 0.25) is 0 Å². The Bertz CT molecular complexity index is 561. The first-order valence-electron chi connectivity index (χ1n) is 7.27. The molecule has 2 aromatic heterocycles. The topological polar surface area (TPSA) is 68.8 Å². The lowest BCUT2D eigenvalue weighted by Crippen LogP contribution is -2.31. The molecule has 108 valence electrons. The molecule has 20 heavy (non-hydrogen) atoms. The van der Waals surface area contributed by atoms with Crippen molar-refractivity contribution >= 4 is 0 Å². The van der Waals surface area contributed by atoms with Gasteiger partial charge in [-0.15, -0.1) is 0 Å². The van der Waals surface area contributed by atoms with E-state index in [0.29, 0.717) is 17.8 Å². The highest BCUT2D eigenvalue weighted by molar-refractivity contribution is 5.47. The van der Waals surface area contributed by atoms with Crippen molar-refractivity contribution in [2.24, 2.45) is 7.05 Å². The van der Waals surface area contributed by atoms with Crippen LogP contribution in [-0.2, 0) is 7.05 Å². The quantitative estimate of drug-likeness (QED) is 0.869. The third-order valence-electron chi connectivity index (χ3n) is 4.19. The number of nitrogens with zero attached hydrogens (tertiary/aromatic N) is 4. The Balaban J connectivity index is 1.86. The Hall–Kier alpha value is -1.69. The zero-order valence-electron chi connectivity index (χ0n) is 12.0. The summed E-state index contributed by atoms with van der Waals surface area (Å²) in [6.07, 6.45) is 9.57. The van der Waals surface area contributed by atoms with Crippen LogP contribution in [0.5, 0.6) is 0 Å². The van der Waals surface area contributed by atoms with Crippen LogP contribution in [0.4, 0.5) is 0 Å². The molecule has 2 unspecified atom stereocenters. The molecule has 1 saturated carbocycles. The highest BCUT2D eigenvalue weighted by Crippen LogP contribution is 2.31. The van der Waals surface area contributed by atoms with E-state index in [-0.39, 0.29) is 0 Å². The van der Waals surface area contributed by atoms with Crippen LogP contribution < -0.4 is 5.32 Å². The fourth-order valence-electron chi connectivity index (χ4n) is 3.01. The van der Waals surface area contributed by atoms with Crippen molar-refractivity contribution in [3.05, 3.63) is 18.4 Å². The number of rotatable bonds is 3. The van der Waals surface area contributed by atoms with Crippen molar-refractivity contribution in [2.45, 2.75) is 44.1 Å². The number of nitrogens with one attached hydrogen (secondary N) is 1. The van der Waals surface area contributed by atoms with E-state index in [1.54, 1.807) is 12.5 Å². The minimum atomic E-state index is 0.317. The molecule has 0 radical (unpaired) electrons. The summed E-state index contributed by atoms with van der Waals surface area (Å²) in [6, 6.07) is 0.428. The molecular weight excluding hydrogens is 254 g/mol. The number of aryl methyl sites for hydroxylation is 1. The van der Waals surface area contributed by atoms with E-state index in [1.165, 1.54) is 25.7 Å². The maximum Gasteiger partial charge on any atom is 0.231 e. The van der Waals surface area contributed by atoms with Crippen molar-refractivity contribution in [3.63, 3.8) is 0 Å². The van der Waals surface area contributed by atoms with E-state index in [0.717, 1.165) is 18.0 Å². The van der Waals surface area contributed by atoms with E-state index in [1.807, 2.05) is 18.7 Å². The zero-order chi connectivity index (χ0) is 13.9. The molecule has 0 spiro atoms. The lowest BCUT2D eigenvalue weighted by atomic mass is 9.95. The molecule has 1 fully saturated rings. The van der Waals surface area contributed by atoms with Crippen LogP contribution >= 0.6 is 0 Å². The van der Waals surface area contributed by atoms with Crippen LogP contribution in [0.15, 0.2) is 17.0 Å². The van der Waals surface area contributed by atoms with Gasteiger partial charge in [0, 0.05) is 13.1 Å². The monoisotopic (exact) mass is 275 g/mol. The first-order chi connectivity index (χ1) is 9.79. The van der Waals surface area contributed by atoms with E-state index in [2.05, 4.69) is 20.4 Å². The summed E-state index contributed by atoms with van der Waals surface area (Å²) in [6.45, 7) is 0. The lowest BCUT2D eigenvalue weighted by molar-refractivity contribution is 0.311. The lowest BCUT2D eigenvalue weighted by Gasteiger charge is -2.20. The molecule has 2 aromatic rings. The average Bonchev–Trinajstić information content (AvgIpc) is 3.02. The summed E-state index contributed by atoms with van der Waals surface area (Å²) in [5.74, 6) is 1.69. The molecule has 2 heterocycles. The fraction of sp³-hybridized carbons (Fsp3) is 0.643. The molecule has 1 aliphatic rings. The van der Waals surface area contributed by atoms with Gasteiger partial charge in [0.1, 0.15) is 5.69 Å². The third kappa shape index (κ3) is 2.47. The van der Waals surface area contributed by atoms with Crippen molar-refractivity contribution in [2.75, 3.05) is 7.05 Å². The number of hydrogen-bond acceptors (Lipinski definition) is 5. The van der Waals surface area contributed by atoms with Gasteiger partial charge in [-0.2, -0.15) is 4.98 Å². The van der Waals surface area contributed by atoms with Crippen LogP contribution in [0, 0.1) is 0 Å². The Morgan fingerprint density at radius 3 is 2.90 bits per heavy atom. The van der Waals surface area contributed by atoms with Crippen molar-refractivity contribution in [3.8, 4) is 11.5 Å². The van der Waals surface area contributed by atoms with Gasteiger partial charge in [-0.25, -0.2) is 4.98 Å². The van der Waals surface area contributed by atoms with Gasteiger partial charge in [-0.1, -0.05) is 24.4 Å². The first kappa shape index (κ1) is 13.3. The molecule has 0 bridgehead atoms. The van der Waals surface area contributed by atoms with Crippen LogP contribution in [0.25, 0.3) is 11.5 Å². The summed E-state index contributed by atoms with van der Waals surface area (Å²) in [4.78, 5) is 8.69. The minimum Gasteiger partial charge on any atom is -0.339 e. The minimum absolute atomic E-state index is 0.317. The average molecular weight is 275 g/mol. The molecule has 6 nitrogen and oxygen atoms in total. The van der Waals surface area contributed by atoms with Gasteiger partial charge in [0.15, 0.2) is 0 Å². The summed E-state index contributed by atoms with van der Waals surface area (Å²) in [5, 5.41) is 7.52. The van der Waals surface area contributed by atoms with Crippen molar-refractivity contribution in [1.29, 1.82) is 0 Å². The number of aromatic nitrogens is 4. The van der Waals surface area contributed by atoms with E-state index in [4.69, 9.17) is 4.52 Å². The second kappa shape index (κ2) is 5.75. The smallest absolute Gasteiger partial charge is 0.231 e. The zero-order valence-corrected chi connectivity index (χ0v) is 12.0. The summed E-state index contributed by atoms with van der Waals surface area (Å²) >= 11 is 0. The van der Waals surface area contributed by atoms with Gasteiger partial charge in [-0.05, 0) is 19.9 Å². The Labute approximate surface area is 118 Å². The van der Waals surface area contributed by atoms with E-state index in [9.17, 15) is 0 Å². The molecule has 0 amide bonds. The van der Waals surface area contributed by atoms with Crippen LogP contribution in [0.3, 0.4) is 0 Å². The summed E-state index contributed by atoms with van der Waals surface area (Å²) in [5.41, 5.74) is 0.884. The molecule has 2 atom stereocenters. The molecule has 1 aliphatic carbocycles. The van der Waals surface area contributed by atoms with Crippen molar-refractivity contribution in [1.82, 2.24) is 25.0 Å². The second-order valence-electron chi connectivity index (χ2n) is 5.49. The van der Waals surface area contributed by atoms with Crippen LogP contribution in [0.1, 0.15) is 43.9 Å². The van der Waals surface area contributed by atoms with Gasteiger partial charge in [0.05, 0.1) is 18.4 Å². The highest BCUT2D eigenvalue weighted by atomic mass is 16.5. The predicted molar refractivity (Wildman–Crippen MR) is 75.2 cm³/mol. The number of likely N-dealkylation sites (N-methyl/N-ethyl adjacent to an activating group) is 1. The highest BCUT2D eigenvalue weighted by Gasteiger charge is 2.29. The summed E-state index contributed by atoms with van der Waals surface area (Å²) < 4.78 is 7.43. The maximum atomic E-state index is 5.53. The Morgan fingerprint density at radius 2 is 2.15 bits per heavy atom. The molecule has 0 saturated heterocycles. The fourth-order valence-corrected chi connectivity index (χ4v) is 3.01. The van der Waals surface area contributed by atoms with Gasteiger partial charge in [0.2, 0.25) is 11.7 Å². The van der Waals surface area contributed by atoms with Gasteiger partial charge in [0.25, 0.3) is 0 Å². The number of imidazole rings is 1. The molecule has 0 aliphatic heterocycles. The maximum absolute atomic E-state index is 5.53. The molecule has 0 aromatic carbocycles. The molecule has 1 N–H and O–H groups in total. The SMILES string of the molecule is CNC1CCCCCC1c1nc(-c2cncn2C)no1. The normalized spacial score (nSPS) is 23.7. The first-order valence-corrected chi connectivity index (χ1v) is 7.27. The standard InChI is InChI=1S/C14H21N5O/c1-15-11-7-5-3-4-6-10(11)14-17-13(18-20-14)12-8-16-9-19(12)2/h8-11,15H,3-7H2,1-2H3. The predicted octanol–water partition coefficient (Wildman–Crippen LogP) is 2.11. The van der Waals surface area contributed by atoms with E-state index >= 15 is 0 Å². The van der Waals surface area contributed by atoms with E-state index < -0.39 is 0 Å². The molecule has 3 rings (SSSR count). The van der Waals surface area contributed by atoms with Crippen LogP contribution in [-0.4, -0.2) is 32.8 Å². The number of hydrogen-bond donors (Lipinski definition) is 1. The van der Waals surface area contributed by atoms with Gasteiger partial charge in [-0.3, -0.25) is 0 Å². The molecule has 6 heteroatoms. The third-order valence-corrected chi connectivity index (χ3v) is 4.19. The molecular formula is C14H21N5O. The summed E-state index contributed by atoms with van der Waals surface area (Å²) in [7, 11) is 3.95. The largest absolute Gasteiger partial charge is 0.339 e.